The summed E-state index contributed by atoms with van der Waals surface area (Å²) >= 11 is 0. The number of fused-ring (bicyclic) bond motifs is 1. The molecule has 0 unspecified atom stereocenters. The van der Waals surface area contributed by atoms with Gasteiger partial charge < -0.3 is 9.47 Å². The van der Waals surface area contributed by atoms with Gasteiger partial charge in [0.2, 0.25) is 0 Å². The Balaban J connectivity index is 1.66. The van der Waals surface area contributed by atoms with Crippen LogP contribution in [0.15, 0.2) is 30.3 Å². The smallest absolute Gasteiger partial charge is 0.0853 e. The zero-order chi connectivity index (χ0) is 14.7. The maximum atomic E-state index is 6.37. The lowest BCUT2D eigenvalue weighted by atomic mass is 9.88. The third-order valence-corrected chi connectivity index (χ3v) is 4.97. The van der Waals surface area contributed by atoms with E-state index in [1.54, 1.807) is 0 Å². The Morgan fingerprint density at radius 2 is 2.00 bits per heavy atom. The van der Waals surface area contributed by atoms with E-state index in [1.165, 1.54) is 24.8 Å². The molecule has 0 amide bonds. The predicted octanol–water partition coefficient (Wildman–Crippen LogP) is 4.75. The van der Waals surface area contributed by atoms with E-state index >= 15 is 0 Å². The lowest BCUT2D eigenvalue weighted by Gasteiger charge is -2.39. The molecule has 1 aliphatic carbocycles. The second-order valence-corrected chi connectivity index (χ2v) is 7.00. The van der Waals surface area contributed by atoms with E-state index < -0.39 is 0 Å². The maximum absolute atomic E-state index is 6.37. The molecular formula is C19H28O2. The minimum absolute atomic E-state index is 0.217. The van der Waals surface area contributed by atoms with Gasteiger partial charge in [0, 0.05) is 18.9 Å². The molecule has 1 saturated carbocycles. The van der Waals surface area contributed by atoms with Crippen molar-refractivity contribution in [3.05, 3.63) is 35.9 Å². The molecular weight excluding hydrogens is 260 g/mol. The second kappa shape index (κ2) is 6.93. The van der Waals surface area contributed by atoms with E-state index in [1.807, 2.05) is 0 Å². The molecule has 3 rings (SSSR count). The van der Waals surface area contributed by atoms with Crippen LogP contribution in [0.25, 0.3) is 0 Å². The van der Waals surface area contributed by atoms with E-state index in [9.17, 15) is 0 Å². The van der Waals surface area contributed by atoms with E-state index in [4.69, 9.17) is 9.47 Å². The highest BCUT2D eigenvalue weighted by atomic mass is 16.5. The van der Waals surface area contributed by atoms with Crippen LogP contribution in [-0.4, -0.2) is 18.8 Å². The molecule has 4 atom stereocenters. The lowest BCUT2D eigenvalue weighted by Crippen LogP contribution is -2.39. The van der Waals surface area contributed by atoms with Gasteiger partial charge in [0.05, 0.1) is 18.3 Å². The Kier molecular flexibility index (Phi) is 4.97. The van der Waals surface area contributed by atoms with Crippen molar-refractivity contribution in [3.8, 4) is 0 Å². The molecule has 1 heterocycles. The molecule has 116 valence electrons. The molecule has 0 aromatic heterocycles. The second-order valence-electron chi connectivity index (χ2n) is 7.00. The average molecular weight is 288 g/mol. The van der Waals surface area contributed by atoms with Crippen molar-refractivity contribution in [1.29, 1.82) is 0 Å². The first-order valence-corrected chi connectivity index (χ1v) is 8.56. The summed E-state index contributed by atoms with van der Waals surface area (Å²) in [5, 5.41) is 0. The van der Waals surface area contributed by atoms with Gasteiger partial charge in [-0.1, -0.05) is 50.6 Å². The third-order valence-electron chi connectivity index (χ3n) is 4.97. The molecule has 0 spiro atoms. The highest BCUT2D eigenvalue weighted by molar-refractivity contribution is 5.18. The predicted molar refractivity (Wildman–Crippen MR) is 85.2 cm³/mol. The molecule has 2 fully saturated rings. The quantitative estimate of drug-likeness (QED) is 0.778. The van der Waals surface area contributed by atoms with Crippen molar-refractivity contribution >= 4 is 0 Å². The molecule has 21 heavy (non-hydrogen) atoms. The van der Waals surface area contributed by atoms with Crippen molar-refractivity contribution in [1.82, 2.24) is 0 Å². The summed E-state index contributed by atoms with van der Waals surface area (Å²) < 4.78 is 12.7. The first kappa shape index (κ1) is 15.1. The van der Waals surface area contributed by atoms with Crippen LogP contribution in [0.4, 0.5) is 0 Å². The number of hydrogen-bond donors (Lipinski definition) is 0. The van der Waals surface area contributed by atoms with Crippen molar-refractivity contribution in [2.75, 3.05) is 6.61 Å². The molecule has 1 aliphatic heterocycles. The van der Waals surface area contributed by atoms with Gasteiger partial charge in [0.15, 0.2) is 0 Å². The molecule has 1 aromatic rings. The molecule has 0 N–H and O–H groups in total. The number of ether oxygens (including phenoxy) is 2. The Labute approximate surface area is 128 Å². The normalized spacial score (nSPS) is 32.3. The van der Waals surface area contributed by atoms with Gasteiger partial charge in [-0.15, -0.1) is 0 Å². The van der Waals surface area contributed by atoms with Crippen LogP contribution in [0, 0.1) is 11.8 Å². The highest BCUT2D eigenvalue weighted by Gasteiger charge is 2.42. The van der Waals surface area contributed by atoms with Crippen molar-refractivity contribution in [3.63, 3.8) is 0 Å². The summed E-state index contributed by atoms with van der Waals surface area (Å²) in [6.07, 6.45) is 6.96. The fourth-order valence-corrected chi connectivity index (χ4v) is 3.73. The molecule has 1 saturated heterocycles. The summed E-state index contributed by atoms with van der Waals surface area (Å²) in [6.45, 7) is 5.42. The van der Waals surface area contributed by atoms with Gasteiger partial charge in [-0.05, 0) is 30.7 Å². The topological polar surface area (TPSA) is 18.5 Å². The first-order valence-electron chi connectivity index (χ1n) is 8.56. The van der Waals surface area contributed by atoms with Crippen LogP contribution in [0.1, 0.15) is 57.6 Å². The maximum Gasteiger partial charge on any atom is 0.0853 e. The molecule has 2 nitrogen and oxygen atoms in total. The lowest BCUT2D eigenvalue weighted by molar-refractivity contribution is -0.145. The Morgan fingerprint density at radius 1 is 1.19 bits per heavy atom. The van der Waals surface area contributed by atoms with Gasteiger partial charge >= 0.3 is 0 Å². The van der Waals surface area contributed by atoms with E-state index in [2.05, 4.69) is 44.2 Å². The minimum atomic E-state index is 0.217. The first-order chi connectivity index (χ1) is 10.2. The highest BCUT2D eigenvalue weighted by Crippen LogP contribution is 2.43. The zero-order valence-corrected chi connectivity index (χ0v) is 13.3. The minimum Gasteiger partial charge on any atom is -0.378 e. The number of hydrogen-bond acceptors (Lipinski definition) is 2. The summed E-state index contributed by atoms with van der Waals surface area (Å²) in [5.41, 5.74) is 1.31. The largest absolute Gasteiger partial charge is 0.378 e. The number of rotatable bonds is 5. The van der Waals surface area contributed by atoms with Gasteiger partial charge in [-0.3, -0.25) is 0 Å². The van der Waals surface area contributed by atoms with E-state index in [0.717, 1.165) is 19.4 Å². The van der Waals surface area contributed by atoms with E-state index in [0.29, 0.717) is 24.0 Å². The van der Waals surface area contributed by atoms with Crippen molar-refractivity contribution < 1.29 is 9.47 Å². The average Bonchev–Trinajstić information content (AvgIpc) is 2.96. The zero-order valence-electron chi connectivity index (χ0n) is 13.3. The van der Waals surface area contributed by atoms with Crippen LogP contribution in [0.3, 0.4) is 0 Å². The molecule has 2 heteroatoms. The van der Waals surface area contributed by atoms with Crippen LogP contribution < -0.4 is 0 Å². The SMILES string of the molecule is CC(C)CCO[C@H]1C[C@@H](c2ccccc2)O[C@H]2CCC[C@H]12. The van der Waals surface area contributed by atoms with Gasteiger partial charge in [0.25, 0.3) is 0 Å². The van der Waals surface area contributed by atoms with Gasteiger partial charge in [0.1, 0.15) is 0 Å². The fraction of sp³-hybridized carbons (Fsp3) is 0.684. The molecule has 1 aromatic carbocycles. The summed E-state index contributed by atoms with van der Waals surface area (Å²) in [6, 6.07) is 10.7. The van der Waals surface area contributed by atoms with Crippen LogP contribution in [0.2, 0.25) is 0 Å². The molecule has 0 radical (unpaired) electrons. The fourth-order valence-electron chi connectivity index (χ4n) is 3.73. The summed E-state index contributed by atoms with van der Waals surface area (Å²) in [7, 11) is 0. The number of benzene rings is 1. The standard InChI is InChI=1S/C19H28O2/c1-14(2)11-12-20-19-13-18(15-7-4-3-5-8-15)21-17-10-6-9-16(17)19/h3-5,7-8,14,16-19H,6,9-13H2,1-2H3/t16-,17-,18-,19-/m0/s1. The van der Waals surface area contributed by atoms with Crippen molar-refractivity contribution in [2.24, 2.45) is 11.8 Å². The Hall–Kier alpha value is -0.860. The van der Waals surface area contributed by atoms with Gasteiger partial charge in [-0.25, -0.2) is 0 Å². The Bertz CT molecular complexity index is 428. The van der Waals surface area contributed by atoms with Crippen molar-refractivity contribution in [2.45, 2.75) is 64.3 Å². The summed E-state index contributed by atoms with van der Waals surface area (Å²) in [5.74, 6) is 1.34. The Morgan fingerprint density at radius 3 is 2.76 bits per heavy atom. The monoisotopic (exact) mass is 288 g/mol. The molecule has 2 aliphatic rings. The van der Waals surface area contributed by atoms with Gasteiger partial charge in [-0.2, -0.15) is 0 Å². The van der Waals surface area contributed by atoms with E-state index in [-0.39, 0.29) is 6.10 Å². The van der Waals surface area contributed by atoms with Crippen LogP contribution >= 0.6 is 0 Å². The summed E-state index contributed by atoms with van der Waals surface area (Å²) in [4.78, 5) is 0. The third kappa shape index (κ3) is 3.67. The van der Waals surface area contributed by atoms with Crippen LogP contribution in [-0.2, 0) is 9.47 Å². The molecule has 0 bridgehead atoms. The van der Waals surface area contributed by atoms with Crippen LogP contribution in [0.5, 0.6) is 0 Å².